The van der Waals surface area contributed by atoms with Crippen molar-refractivity contribution in [2.24, 2.45) is 5.92 Å². The maximum atomic E-state index is 12.7. The van der Waals surface area contributed by atoms with E-state index in [0.29, 0.717) is 0 Å². The number of hydrogen-bond donors (Lipinski definition) is 1. The average Bonchev–Trinajstić information content (AvgIpc) is 2.22. The van der Waals surface area contributed by atoms with E-state index in [1.165, 1.54) is 0 Å². The van der Waals surface area contributed by atoms with Gasteiger partial charge in [-0.1, -0.05) is 0 Å². The Morgan fingerprint density at radius 2 is 1.64 bits per heavy atom. The number of nitrogens with zero attached hydrogens (tertiary/aromatic N) is 1. The van der Waals surface area contributed by atoms with Gasteiger partial charge in [-0.25, -0.2) is 4.79 Å². The molecule has 0 aromatic carbocycles. The zero-order chi connectivity index (χ0) is 17.3. The third-order valence-corrected chi connectivity index (χ3v) is 2.96. The summed E-state index contributed by atoms with van der Waals surface area (Å²) in [5.41, 5.74) is -0.884. The summed E-state index contributed by atoms with van der Waals surface area (Å²) >= 11 is 0. The number of halogens is 6. The first-order valence-electron chi connectivity index (χ1n) is 6.56. The van der Waals surface area contributed by atoms with Crippen LogP contribution in [0.4, 0.5) is 31.1 Å². The van der Waals surface area contributed by atoms with Crippen LogP contribution in [0.3, 0.4) is 0 Å². The van der Waals surface area contributed by atoms with Gasteiger partial charge in [-0.3, -0.25) is 0 Å². The molecule has 1 heterocycles. The maximum absolute atomic E-state index is 12.7. The van der Waals surface area contributed by atoms with Crippen molar-refractivity contribution in [2.45, 2.75) is 44.8 Å². The predicted octanol–water partition coefficient (Wildman–Crippen LogP) is 2.94. The van der Waals surface area contributed by atoms with Gasteiger partial charge in [-0.05, 0) is 20.8 Å². The van der Waals surface area contributed by atoms with Crippen molar-refractivity contribution >= 4 is 6.09 Å². The largest absolute Gasteiger partial charge is 0.444 e. The molecular formula is C12H18F6N2O2. The fraction of sp³-hybridized carbons (Fsp3) is 0.917. The summed E-state index contributed by atoms with van der Waals surface area (Å²) in [6.45, 7) is 3.75. The highest BCUT2D eigenvalue weighted by molar-refractivity contribution is 5.68. The zero-order valence-corrected chi connectivity index (χ0v) is 12.3. The molecule has 130 valence electrons. The number of nitrogens with one attached hydrogen (secondary N) is 1. The van der Waals surface area contributed by atoms with Gasteiger partial charge < -0.3 is 15.0 Å². The van der Waals surface area contributed by atoms with Gasteiger partial charge >= 0.3 is 18.4 Å². The molecule has 0 radical (unpaired) electrons. The second-order valence-corrected chi connectivity index (χ2v) is 6.05. The van der Waals surface area contributed by atoms with Crippen LogP contribution in [-0.4, -0.2) is 54.6 Å². The third kappa shape index (κ3) is 5.22. The molecule has 0 aromatic heterocycles. The number of alkyl halides is 6. The molecular weight excluding hydrogens is 318 g/mol. The Hall–Kier alpha value is -1.19. The third-order valence-electron chi connectivity index (χ3n) is 2.96. The molecule has 1 aliphatic rings. The monoisotopic (exact) mass is 336 g/mol. The summed E-state index contributed by atoms with van der Waals surface area (Å²) in [7, 11) is 0. The zero-order valence-electron chi connectivity index (χ0n) is 12.3. The average molecular weight is 336 g/mol. The Balaban J connectivity index is 2.87. The van der Waals surface area contributed by atoms with Gasteiger partial charge in [0.15, 0.2) is 5.92 Å². The summed E-state index contributed by atoms with van der Waals surface area (Å²) in [5, 5.41) is 2.19. The molecule has 1 aliphatic heterocycles. The van der Waals surface area contributed by atoms with Crippen molar-refractivity contribution in [1.29, 1.82) is 0 Å². The molecule has 0 aliphatic carbocycles. The molecule has 1 atom stereocenters. The van der Waals surface area contributed by atoms with Crippen molar-refractivity contribution in [3.05, 3.63) is 0 Å². The molecule has 0 aromatic rings. The first-order chi connectivity index (χ1) is 9.72. The molecule has 1 fully saturated rings. The van der Waals surface area contributed by atoms with E-state index in [1.54, 1.807) is 20.8 Å². The Kier molecular flexibility index (Phi) is 5.26. The van der Waals surface area contributed by atoms with Crippen LogP contribution in [0.25, 0.3) is 0 Å². The van der Waals surface area contributed by atoms with Gasteiger partial charge in [0.1, 0.15) is 5.60 Å². The van der Waals surface area contributed by atoms with Crippen LogP contribution in [0.1, 0.15) is 20.8 Å². The quantitative estimate of drug-likeness (QED) is 0.749. The highest BCUT2D eigenvalue weighted by atomic mass is 19.4. The van der Waals surface area contributed by atoms with E-state index in [1.807, 2.05) is 0 Å². The number of rotatable bonds is 1. The number of piperazine rings is 1. The molecule has 4 nitrogen and oxygen atoms in total. The van der Waals surface area contributed by atoms with E-state index >= 15 is 0 Å². The van der Waals surface area contributed by atoms with Crippen LogP contribution in [0, 0.1) is 5.92 Å². The Morgan fingerprint density at radius 3 is 2.05 bits per heavy atom. The van der Waals surface area contributed by atoms with Crippen LogP contribution in [0.15, 0.2) is 0 Å². The number of ether oxygens (including phenoxy) is 1. The first-order valence-corrected chi connectivity index (χ1v) is 6.56. The van der Waals surface area contributed by atoms with Crippen molar-refractivity contribution in [3.63, 3.8) is 0 Å². The molecule has 1 N–H and O–H groups in total. The first kappa shape index (κ1) is 18.9. The van der Waals surface area contributed by atoms with E-state index in [4.69, 9.17) is 4.74 Å². The highest BCUT2D eigenvalue weighted by Gasteiger charge is 2.60. The standard InChI is InChI=1S/C12H18F6N2O2/c1-10(2,3)22-9(21)20-5-4-19-7(6-20)8(11(13,14)15)12(16,17)18/h7-8,19H,4-6H2,1-3H3. The van der Waals surface area contributed by atoms with Crippen LogP contribution < -0.4 is 5.32 Å². The molecule has 1 amide bonds. The Labute approximate surface area is 123 Å². The molecule has 10 heteroatoms. The topological polar surface area (TPSA) is 41.6 Å². The SMILES string of the molecule is CC(C)(C)OC(=O)N1CCNC(C(C(F)(F)F)C(F)(F)F)C1. The lowest BCUT2D eigenvalue weighted by Crippen LogP contribution is -2.61. The number of amides is 1. The van der Waals surface area contributed by atoms with E-state index in [-0.39, 0.29) is 13.1 Å². The second kappa shape index (κ2) is 6.13. The van der Waals surface area contributed by atoms with E-state index in [0.717, 1.165) is 4.90 Å². The van der Waals surface area contributed by atoms with Crippen molar-refractivity contribution in [3.8, 4) is 0 Å². The lowest BCUT2D eigenvalue weighted by Gasteiger charge is -2.39. The van der Waals surface area contributed by atoms with Gasteiger partial charge in [0, 0.05) is 25.7 Å². The summed E-state index contributed by atoms with van der Waals surface area (Å²) in [6.07, 6.45) is -11.8. The minimum atomic E-state index is -5.45. The Bertz CT molecular complexity index is 388. The lowest BCUT2D eigenvalue weighted by atomic mass is 9.96. The predicted molar refractivity (Wildman–Crippen MR) is 65.2 cm³/mol. The van der Waals surface area contributed by atoms with Crippen molar-refractivity contribution < 1.29 is 35.9 Å². The number of carbonyl (C=O) groups excluding carboxylic acids is 1. The van der Waals surface area contributed by atoms with Gasteiger partial charge in [0.05, 0.1) is 0 Å². The minimum absolute atomic E-state index is 0.0200. The van der Waals surface area contributed by atoms with Gasteiger partial charge in [-0.15, -0.1) is 0 Å². The van der Waals surface area contributed by atoms with Crippen LogP contribution in [0.2, 0.25) is 0 Å². The van der Waals surface area contributed by atoms with Crippen molar-refractivity contribution in [1.82, 2.24) is 10.2 Å². The van der Waals surface area contributed by atoms with Crippen LogP contribution >= 0.6 is 0 Å². The van der Waals surface area contributed by atoms with Gasteiger partial charge in [0.25, 0.3) is 0 Å². The van der Waals surface area contributed by atoms with E-state index < -0.39 is 42.6 Å². The highest BCUT2D eigenvalue weighted by Crippen LogP contribution is 2.42. The normalized spacial score (nSPS) is 21.2. The molecule has 0 bridgehead atoms. The fourth-order valence-corrected chi connectivity index (χ4v) is 2.14. The summed E-state index contributed by atoms with van der Waals surface area (Å²) in [4.78, 5) is 12.7. The Morgan fingerprint density at radius 1 is 1.14 bits per heavy atom. The van der Waals surface area contributed by atoms with Crippen molar-refractivity contribution in [2.75, 3.05) is 19.6 Å². The number of hydrogen-bond acceptors (Lipinski definition) is 3. The molecule has 1 unspecified atom stereocenters. The van der Waals surface area contributed by atoms with Crippen LogP contribution in [0.5, 0.6) is 0 Å². The summed E-state index contributed by atoms with van der Waals surface area (Å²) < 4.78 is 81.2. The maximum Gasteiger partial charge on any atom is 0.410 e. The smallest absolute Gasteiger partial charge is 0.410 e. The minimum Gasteiger partial charge on any atom is -0.444 e. The molecule has 1 rings (SSSR count). The number of carbonyl (C=O) groups is 1. The van der Waals surface area contributed by atoms with E-state index in [9.17, 15) is 31.1 Å². The summed E-state index contributed by atoms with van der Waals surface area (Å²) in [5.74, 6) is -3.54. The van der Waals surface area contributed by atoms with Gasteiger partial charge in [-0.2, -0.15) is 26.3 Å². The molecule has 1 saturated heterocycles. The fourth-order valence-electron chi connectivity index (χ4n) is 2.14. The molecule has 22 heavy (non-hydrogen) atoms. The van der Waals surface area contributed by atoms with E-state index in [2.05, 4.69) is 5.32 Å². The lowest BCUT2D eigenvalue weighted by molar-refractivity contribution is -0.293. The summed E-state index contributed by atoms with van der Waals surface area (Å²) in [6, 6.07) is -1.96. The van der Waals surface area contributed by atoms with Gasteiger partial charge in [0.2, 0.25) is 0 Å². The molecule has 0 spiro atoms. The van der Waals surface area contributed by atoms with Crippen LogP contribution in [-0.2, 0) is 4.74 Å². The molecule has 0 saturated carbocycles. The second-order valence-electron chi connectivity index (χ2n) is 6.05.